The monoisotopic (exact) mass is 351 g/mol. The smallest absolute Gasteiger partial charge is 0.255 e. The Morgan fingerprint density at radius 2 is 1.69 bits per heavy atom. The zero-order valence-corrected chi connectivity index (χ0v) is 15.1. The number of hydrogen-bond acceptors (Lipinski definition) is 3. The van der Waals surface area contributed by atoms with Crippen molar-refractivity contribution in [1.82, 2.24) is 4.90 Å². The molecule has 0 radical (unpaired) electrons. The molecule has 26 heavy (non-hydrogen) atoms. The standard InChI is InChI=1S/C21H25N3O2/c1-24(19-8-3-2-4-9-19)21(26)15-10-12-18(13-11-15)23-20(25)16-6-5-7-17(22)14-16/h5-7,10-14,19H,2-4,8-9,22H2,1H3,(H,23,25). The average molecular weight is 351 g/mol. The number of amides is 2. The van der Waals surface area contributed by atoms with Gasteiger partial charge in [0.25, 0.3) is 11.8 Å². The quantitative estimate of drug-likeness (QED) is 0.820. The van der Waals surface area contributed by atoms with Gasteiger partial charge in [-0.1, -0.05) is 25.3 Å². The summed E-state index contributed by atoms with van der Waals surface area (Å²) in [4.78, 5) is 26.8. The van der Waals surface area contributed by atoms with E-state index in [1.54, 1.807) is 48.5 Å². The molecule has 0 aromatic heterocycles. The van der Waals surface area contributed by atoms with E-state index in [9.17, 15) is 9.59 Å². The fourth-order valence-corrected chi connectivity index (χ4v) is 3.42. The zero-order chi connectivity index (χ0) is 18.5. The number of benzene rings is 2. The number of carbonyl (C=O) groups excluding carboxylic acids is 2. The Bertz CT molecular complexity index is 780. The van der Waals surface area contributed by atoms with Crippen molar-refractivity contribution < 1.29 is 9.59 Å². The van der Waals surface area contributed by atoms with Gasteiger partial charge >= 0.3 is 0 Å². The molecule has 136 valence electrons. The van der Waals surface area contributed by atoms with Gasteiger partial charge in [0.1, 0.15) is 0 Å². The molecule has 3 rings (SSSR count). The van der Waals surface area contributed by atoms with Crippen LogP contribution in [0.1, 0.15) is 52.8 Å². The first-order chi connectivity index (χ1) is 12.5. The van der Waals surface area contributed by atoms with Crippen molar-refractivity contribution >= 4 is 23.2 Å². The number of carbonyl (C=O) groups is 2. The van der Waals surface area contributed by atoms with Crippen LogP contribution in [0.5, 0.6) is 0 Å². The normalized spacial score (nSPS) is 14.7. The van der Waals surface area contributed by atoms with E-state index in [2.05, 4.69) is 5.32 Å². The van der Waals surface area contributed by atoms with E-state index in [1.165, 1.54) is 19.3 Å². The lowest BCUT2D eigenvalue weighted by atomic mass is 9.94. The van der Waals surface area contributed by atoms with Crippen LogP contribution < -0.4 is 11.1 Å². The zero-order valence-electron chi connectivity index (χ0n) is 15.1. The minimum absolute atomic E-state index is 0.0330. The van der Waals surface area contributed by atoms with Gasteiger partial charge in [0.15, 0.2) is 0 Å². The minimum atomic E-state index is -0.226. The number of nitrogens with one attached hydrogen (secondary N) is 1. The highest BCUT2D eigenvalue weighted by Gasteiger charge is 2.22. The summed E-state index contributed by atoms with van der Waals surface area (Å²) in [6, 6.07) is 14.2. The second kappa shape index (κ2) is 8.04. The molecule has 0 bridgehead atoms. The summed E-state index contributed by atoms with van der Waals surface area (Å²) in [6.45, 7) is 0. The second-order valence-electron chi connectivity index (χ2n) is 6.86. The van der Waals surface area contributed by atoms with Crippen molar-refractivity contribution in [2.45, 2.75) is 38.1 Å². The van der Waals surface area contributed by atoms with Crippen LogP contribution in [0.25, 0.3) is 0 Å². The molecule has 2 amide bonds. The molecule has 2 aromatic carbocycles. The van der Waals surface area contributed by atoms with Gasteiger partial charge in [-0.05, 0) is 55.3 Å². The Morgan fingerprint density at radius 3 is 2.35 bits per heavy atom. The van der Waals surface area contributed by atoms with Crippen LogP contribution in [0.2, 0.25) is 0 Å². The Hall–Kier alpha value is -2.82. The molecule has 5 heteroatoms. The van der Waals surface area contributed by atoms with Crippen LogP contribution in [-0.2, 0) is 0 Å². The van der Waals surface area contributed by atoms with Crippen molar-refractivity contribution in [1.29, 1.82) is 0 Å². The van der Waals surface area contributed by atoms with E-state index in [-0.39, 0.29) is 11.8 Å². The molecule has 3 N–H and O–H groups in total. The highest BCUT2D eigenvalue weighted by Crippen LogP contribution is 2.23. The summed E-state index contributed by atoms with van der Waals surface area (Å²) < 4.78 is 0. The minimum Gasteiger partial charge on any atom is -0.399 e. The number of anilines is 2. The Kier molecular flexibility index (Phi) is 5.56. The van der Waals surface area contributed by atoms with Crippen molar-refractivity contribution in [3.05, 3.63) is 59.7 Å². The van der Waals surface area contributed by atoms with E-state index >= 15 is 0 Å². The van der Waals surface area contributed by atoms with Gasteiger partial charge in [-0.25, -0.2) is 0 Å². The van der Waals surface area contributed by atoms with Crippen LogP contribution in [-0.4, -0.2) is 29.8 Å². The van der Waals surface area contributed by atoms with Crippen LogP contribution >= 0.6 is 0 Å². The third kappa shape index (κ3) is 4.23. The summed E-state index contributed by atoms with van der Waals surface area (Å²) in [6.07, 6.45) is 5.81. The molecular formula is C21H25N3O2. The number of nitrogens with two attached hydrogens (primary N) is 1. The van der Waals surface area contributed by atoms with Crippen molar-refractivity contribution in [2.75, 3.05) is 18.1 Å². The molecule has 0 unspecified atom stereocenters. The van der Waals surface area contributed by atoms with Gasteiger partial charge in [0.2, 0.25) is 0 Å². The largest absolute Gasteiger partial charge is 0.399 e. The maximum Gasteiger partial charge on any atom is 0.255 e. The topological polar surface area (TPSA) is 75.4 Å². The Labute approximate surface area is 154 Å². The summed E-state index contributed by atoms with van der Waals surface area (Å²) >= 11 is 0. The number of nitrogens with zero attached hydrogens (tertiary/aromatic N) is 1. The predicted molar refractivity (Wildman–Crippen MR) is 104 cm³/mol. The van der Waals surface area contributed by atoms with Gasteiger partial charge in [0.05, 0.1) is 0 Å². The lowest BCUT2D eigenvalue weighted by Crippen LogP contribution is -2.38. The van der Waals surface area contributed by atoms with Crippen LogP contribution in [0, 0.1) is 0 Å². The van der Waals surface area contributed by atoms with Gasteiger partial charge < -0.3 is 16.0 Å². The molecule has 0 saturated heterocycles. The first kappa shape index (κ1) is 18.0. The molecule has 0 heterocycles. The summed E-state index contributed by atoms with van der Waals surface area (Å²) in [5, 5.41) is 2.82. The summed E-state index contributed by atoms with van der Waals surface area (Å²) in [5.74, 6) is -0.193. The van der Waals surface area contributed by atoms with E-state index in [0.717, 1.165) is 12.8 Å². The first-order valence-corrected chi connectivity index (χ1v) is 9.09. The fraction of sp³-hybridized carbons (Fsp3) is 0.333. The average Bonchev–Trinajstić information content (AvgIpc) is 2.68. The highest BCUT2D eigenvalue weighted by molar-refractivity contribution is 6.05. The second-order valence-corrected chi connectivity index (χ2v) is 6.86. The predicted octanol–water partition coefficient (Wildman–Crippen LogP) is 3.93. The van der Waals surface area contributed by atoms with Crippen LogP contribution in [0.15, 0.2) is 48.5 Å². The van der Waals surface area contributed by atoms with Gasteiger partial charge in [-0.2, -0.15) is 0 Å². The Balaban J connectivity index is 1.64. The van der Waals surface area contributed by atoms with Gasteiger partial charge in [0, 0.05) is 35.6 Å². The SMILES string of the molecule is CN(C(=O)c1ccc(NC(=O)c2cccc(N)c2)cc1)C1CCCCC1. The molecule has 2 aromatic rings. The van der Waals surface area contributed by atoms with Crippen molar-refractivity contribution in [3.63, 3.8) is 0 Å². The number of rotatable bonds is 4. The molecule has 1 aliphatic carbocycles. The van der Waals surface area contributed by atoms with Crippen LogP contribution in [0.4, 0.5) is 11.4 Å². The first-order valence-electron chi connectivity index (χ1n) is 9.09. The summed E-state index contributed by atoms with van der Waals surface area (Å²) in [7, 11) is 1.88. The lowest BCUT2D eigenvalue weighted by molar-refractivity contribution is 0.0696. The molecule has 1 fully saturated rings. The lowest BCUT2D eigenvalue weighted by Gasteiger charge is -2.31. The molecule has 0 aliphatic heterocycles. The van der Waals surface area contributed by atoms with Gasteiger partial charge in [-0.15, -0.1) is 0 Å². The third-order valence-corrected chi connectivity index (χ3v) is 4.98. The fourth-order valence-electron chi connectivity index (χ4n) is 3.42. The highest BCUT2D eigenvalue weighted by atomic mass is 16.2. The molecule has 1 aliphatic rings. The maximum absolute atomic E-state index is 12.7. The molecule has 0 atom stereocenters. The maximum atomic E-state index is 12.7. The molecule has 1 saturated carbocycles. The number of hydrogen-bond donors (Lipinski definition) is 2. The third-order valence-electron chi connectivity index (χ3n) is 4.98. The molecular weight excluding hydrogens is 326 g/mol. The van der Waals surface area contributed by atoms with E-state index in [1.807, 2.05) is 11.9 Å². The van der Waals surface area contributed by atoms with Crippen molar-refractivity contribution in [2.24, 2.45) is 0 Å². The molecule has 0 spiro atoms. The molecule has 5 nitrogen and oxygen atoms in total. The summed E-state index contributed by atoms with van der Waals surface area (Å²) in [5.41, 5.74) is 8.04. The van der Waals surface area contributed by atoms with E-state index in [0.29, 0.717) is 28.5 Å². The van der Waals surface area contributed by atoms with Gasteiger partial charge in [-0.3, -0.25) is 9.59 Å². The van der Waals surface area contributed by atoms with E-state index < -0.39 is 0 Å². The van der Waals surface area contributed by atoms with Crippen LogP contribution in [0.3, 0.4) is 0 Å². The van der Waals surface area contributed by atoms with Crippen molar-refractivity contribution in [3.8, 4) is 0 Å². The number of nitrogen functional groups attached to an aromatic ring is 1. The Morgan fingerprint density at radius 1 is 1.00 bits per heavy atom. The van der Waals surface area contributed by atoms with E-state index in [4.69, 9.17) is 5.73 Å².